The number of fused-ring (bicyclic) bond motifs is 1. The van der Waals surface area contributed by atoms with Gasteiger partial charge in [0, 0.05) is 12.8 Å². The normalized spacial score (nSPS) is 42.4. The van der Waals surface area contributed by atoms with Crippen LogP contribution in [0.3, 0.4) is 0 Å². The molecular weight excluding hydrogens is 148 g/mol. The average Bonchev–Trinajstić information content (AvgIpc) is 2.02. The largest absolute Gasteiger partial charge is 0.300 e. The first-order valence-electron chi connectivity index (χ1n) is 5.22. The van der Waals surface area contributed by atoms with Gasteiger partial charge >= 0.3 is 0 Å². The molecule has 0 bridgehead atoms. The van der Waals surface area contributed by atoms with Gasteiger partial charge in [0.05, 0.1) is 0 Å². The molecule has 1 nitrogen and oxygen atoms in total. The van der Waals surface area contributed by atoms with Crippen molar-refractivity contribution in [3.05, 3.63) is 0 Å². The van der Waals surface area contributed by atoms with Crippen molar-refractivity contribution in [1.82, 2.24) is 0 Å². The van der Waals surface area contributed by atoms with E-state index in [9.17, 15) is 4.79 Å². The van der Waals surface area contributed by atoms with Gasteiger partial charge < -0.3 is 0 Å². The number of carbonyl (C=O) groups is 1. The fraction of sp³-hybridized carbons (Fsp3) is 0.909. The molecule has 0 unspecified atom stereocenters. The van der Waals surface area contributed by atoms with Crippen LogP contribution in [0.2, 0.25) is 0 Å². The van der Waals surface area contributed by atoms with E-state index in [1.807, 2.05) is 0 Å². The summed E-state index contributed by atoms with van der Waals surface area (Å²) in [7, 11) is 0. The minimum atomic E-state index is 0.396. The lowest BCUT2D eigenvalue weighted by Crippen LogP contribution is -2.37. The zero-order valence-electron chi connectivity index (χ0n) is 7.94. The van der Waals surface area contributed by atoms with Crippen LogP contribution in [0.4, 0.5) is 0 Å². The molecule has 68 valence electrons. The molecule has 0 aromatic rings. The number of rotatable bonds is 0. The van der Waals surface area contributed by atoms with Gasteiger partial charge in [-0.25, -0.2) is 0 Å². The van der Waals surface area contributed by atoms with Crippen molar-refractivity contribution in [3.8, 4) is 0 Å². The minimum Gasteiger partial charge on any atom is -0.300 e. The van der Waals surface area contributed by atoms with Crippen LogP contribution in [0.25, 0.3) is 0 Å². The van der Waals surface area contributed by atoms with Gasteiger partial charge in [0.25, 0.3) is 0 Å². The molecule has 0 aliphatic heterocycles. The second-order valence-corrected chi connectivity index (χ2v) is 4.85. The second-order valence-electron chi connectivity index (χ2n) is 4.85. The molecule has 0 spiro atoms. The van der Waals surface area contributed by atoms with E-state index < -0.39 is 0 Å². The van der Waals surface area contributed by atoms with Gasteiger partial charge in [-0.1, -0.05) is 19.8 Å². The summed E-state index contributed by atoms with van der Waals surface area (Å²) < 4.78 is 0. The van der Waals surface area contributed by atoms with E-state index in [1.54, 1.807) is 0 Å². The highest BCUT2D eigenvalue weighted by molar-refractivity contribution is 5.80. The van der Waals surface area contributed by atoms with Crippen molar-refractivity contribution in [3.63, 3.8) is 0 Å². The van der Waals surface area contributed by atoms with Gasteiger partial charge in [0.15, 0.2) is 0 Å². The Hall–Kier alpha value is -0.330. The highest BCUT2D eigenvalue weighted by Crippen LogP contribution is 2.48. The van der Waals surface area contributed by atoms with Gasteiger partial charge in [-0.05, 0) is 30.6 Å². The third kappa shape index (κ3) is 1.30. The zero-order valence-corrected chi connectivity index (χ0v) is 7.94. The Morgan fingerprint density at radius 1 is 1.33 bits per heavy atom. The maximum absolute atomic E-state index is 11.3. The molecule has 12 heavy (non-hydrogen) atoms. The number of carbonyl (C=O) groups excluding carboxylic acids is 1. The first-order chi connectivity index (χ1) is 5.71. The zero-order chi connectivity index (χ0) is 8.60. The maximum atomic E-state index is 11.3. The van der Waals surface area contributed by atoms with E-state index >= 15 is 0 Å². The number of ketones is 1. The SMILES string of the molecule is C[C@]12CCCC[C@@H]1CCC(=O)C2. The Morgan fingerprint density at radius 3 is 3.00 bits per heavy atom. The molecule has 0 N–H and O–H groups in total. The van der Waals surface area contributed by atoms with Gasteiger partial charge in [-0.2, -0.15) is 0 Å². The standard InChI is InChI=1S/C11H18O/c1-11-7-3-2-4-9(11)5-6-10(12)8-11/h9H,2-8H2,1H3/t9-,11-/m1/s1. The average molecular weight is 166 g/mol. The van der Waals surface area contributed by atoms with E-state index in [0.29, 0.717) is 11.2 Å². The summed E-state index contributed by atoms with van der Waals surface area (Å²) in [6.07, 6.45) is 8.33. The van der Waals surface area contributed by atoms with E-state index in [2.05, 4.69) is 6.92 Å². The molecule has 2 aliphatic rings. The lowest BCUT2D eigenvalue weighted by Gasteiger charge is -2.44. The molecule has 2 aliphatic carbocycles. The molecule has 2 saturated carbocycles. The van der Waals surface area contributed by atoms with E-state index in [1.165, 1.54) is 32.1 Å². The summed E-state index contributed by atoms with van der Waals surface area (Å²) in [6, 6.07) is 0. The quantitative estimate of drug-likeness (QED) is 0.540. The topological polar surface area (TPSA) is 17.1 Å². The molecule has 1 heteroatoms. The molecule has 2 atom stereocenters. The smallest absolute Gasteiger partial charge is 0.133 e. The van der Waals surface area contributed by atoms with Crippen LogP contribution in [0.1, 0.15) is 51.9 Å². The molecular formula is C11H18O. The van der Waals surface area contributed by atoms with Gasteiger partial charge in [-0.15, -0.1) is 0 Å². The van der Waals surface area contributed by atoms with Crippen molar-refractivity contribution in [2.75, 3.05) is 0 Å². The van der Waals surface area contributed by atoms with Crippen LogP contribution in [0, 0.1) is 11.3 Å². The minimum absolute atomic E-state index is 0.396. The summed E-state index contributed by atoms with van der Waals surface area (Å²) in [4.78, 5) is 11.3. The Bertz CT molecular complexity index is 197. The van der Waals surface area contributed by atoms with Crippen LogP contribution in [-0.4, -0.2) is 5.78 Å². The molecule has 0 aromatic carbocycles. The summed E-state index contributed by atoms with van der Waals surface area (Å²) in [5.41, 5.74) is 0.396. The lowest BCUT2D eigenvalue weighted by molar-refractivity contribution is -0.126. The third-order valence-electron chi connectivity index (χ3n) is 3.91. The fourth-order valence-electron chi connectivity index (χ4n) is 3.07. The fourth-order valence-corrected chi connectivity index (χ4v) is 3.07. The first-order valence-corrected chi connectivity index (χ1v) is 5.22. The van der Waals surface area contributed by atoms with Crippen LogP contribution in [0.15, 0.2) is 0 Å². The molecule has 0 heterocycles. The molecule has 0 radical (unpaired) electrons. The Morgan fingerprint density at radius 2 is 2.17 bits per heavy atom. The van der Waals surface area contributed by atoms with Crippen molar-refractivity contribution < 1.29 is 4.79 Å². The van der Waals surface area contributed by atoms with Gasteiger partial charge in [0.2, 0.25) is 0 Å². The summed E-state index contributed by atoms with van der Waals surface area (Å²) in [5, 5.41) is 0. The van der Waals surface area contributed by atoms with Crippen LogP contribution in [0.5, 0.6) is 0 Å². The van der Waals surface area contributed by atoms with Crippen LogP contribution < -0.4 is 0 Å². The van der Waals surface area contributed by atoms with Gasteiger partial charge in [0.1, 0.15) is 5.78 Å². The molecule has 0 saturated heterocycles. The maximum Gasteiger partial charge on any atom is 0.133 e. The molecule has 0 amide bonds. The van der Waals surface area contributed by atoms with Crippen LogP contribution in [-0.2, 0) is 4.79 Å². The molecule has 2 rings (SSSR count). The highest BCUT2D eigenvalue weighted by atomic mass is 16.1. The number of Topliss-reactive ketones (excluding diaryl/α,β-unsaturated/α-hetero) is 1. The highest BCUT2D eigenvalue weighted by Gasteiger charge is 2.40. The molecule has 2 fully saturated rings. The number of hydrogen-bond donors (Lipinski definition) is 0. The summed E-state index contributed by atoms with van der Waals surface area (Å²) in [6.45, 7) is 2.33. The monoisotopic (exact) mass is 166 g/mol. The summed E-state index contributed by atoms with van der Waals surface area (Å²) >= 11 is 0. The molecule has 0 aromatic heterocycles. The second kappa shape index (κ2) is 2.86. The predicted octanol–water partition coefficient (Wildman–Crippen LogP) is 2.94. The van der Waals surface area contributed by atoms with Crippen molar-refractivity contribution in [2.45, 2.75) is 51.9 Å². The predicted molar refractivity (Wildman–Crippen MR) is 48.9 cm³/mol. The Balaban J connectivity index is 2.12. The Kier molecular flexibility index (Phi) is 1.97. The number of hydrogen-bond acceptors (Lipinski definition) is 1. The van der Waals surface area contributed by atoms with Crippen LogP contribution >= 0.6 is 0 Å². The van der Waals surface area contributed by atoms with Crippen molar-refractivity contribution in [1.29, 1.82) is 0 Å². The van der Waals surface area contributed by atoms with Gasteiger partial charge in [-0.3, -0.25) is 4.79 Å². The lowest BCUT2D eigenvalue weighted by atomic mass is 9.60. The first kappa shape index (κ1) is 8.28. The van der Waals surface area contributed by atoms with Crippen molar-refractivity contribution >= 4 is 5.78 Å². The van der Waals surface area contributed by atoms with E-state index in [-0.39, 0.29) is 0 Å². The summed E-state index contributed by atoms with van der Waals surface area (Å²) in [5.74, 6) is 1.37. The Labute approximate surface area is 74.5 Å². The van der Waals surface area contributed by atoms with E-state index in [4.69, 9.17) is 0 Å². The third-order valence-corrected chi connectivity index (χ3v) is 3.91. The van der Waals surface area contributed by atoms with Crippen molar-refractivity contribution in [2.24, 2.45) is 11.3 Å². The van der Waals surface area contributed by atoms with E-state index in [0.717, 1.165) is 18.8 Å².